The highest BCUT2D eigenvalue weighted by Crippen LogP contribution is 2.27. The monoisotopic (exact) mass is 535 g/mol. The molecule has 0 heterocycles. The Balaban J connectivity index is 2.19. The van der Waals surface area contributed by atoms with Crippen LogP contribution in [0, 0.1) is 13.8 Å². The second kappa shape index (κ2) is 13.7. The summed E-state index contributed by atoms with van der Waals surface area (Å²) in [6.45, 7) is 8.56. The van der Waals surface area contributed by atoms with Crippen molar-refractivity contribution in [2.24, 2.45) is 0 Å². The van der Waals surface area contributed by atoms with E-state index in [0.29, 0.717) is 30.2 Å². The van der Waals surface area contributed by atoms with Crippen molar-refractivity contribution in [1.29, 1.82) is 0 Å². The summed E-state index contributed by atoms with van der Waals surface area (Å²) in [6.07, 6.45) is 3.37. The fourth-order valence-corrected chi connectivity index (χ4v) is 5.10. The highest BCUT2D eigenvalue weighted by atomic mass is 35.5. The lowest BCUT2D eigenvalue weighted by Crippen LogP contribution is -2.48. The Labute approximate surface area is 220 Å². The molecule has 0 aliphatic heterocycles. The number of hydrogen-bond donors (Lipinski definition) is 1. The van der Waals surface area contributed by atoms with Crippen LogP contribution >= 0.6 is 11.6 Å². The van der Waals surface area contributed by atoms with Crippen LogP contribution < -0.4 is 9.62 Å². The summed E-state index contributed by atoms with van der Waals surface area (Å²) in [6, 6.07) is 12.2. The number of aryl methyl sites for hydroxylation is 2. The van der Waals surface area contributed by atoms with Gasteiger partial charge in [-0.1, -0.05) is 55.3 Å². The van der Waals surface area contributed by atoms with E-state index >= 15 is 0 Å². The molecule has 2 amide bonds. The van der Waals surface area contributed by atoms with Crippen molar-refractivity contribution in [3.63, 3.8) is 0 Å². The molecule has 36 heavy (non-hydrogen) atoms. The van der Waals surface area contributed by atoms with Crippen molar-refractivity contribution < 1.29 is 18.0 Å². The first-order chi connectivity index (χ1) is 17.0. The second-order valence-electron chi connectivity index (χ2n) is 9.14. The third kappa shape index (κ3) is 8.52. The second-order valence-corrected chi connectivity index (χ2v) is 11.5. The maximum absolute atomic E-state index is 13.4. The van der Waals surface area contributed by atoms with Gasteiger partial charge in [-0.15, -0.1) is 0 Å². The number of hydrogen-bond acceptors (Lipinski definition) is 4. The predicted molar refractivity (Wildman–Crippen MR) is 147 cm³/mol. The molecule has 2 rings (SSSR count). The first-order valence-electron chi connectivity index (χ1n) is 12.3. The van der Waals surface area contributed by atoms with Crippen molar-refractivity contribution in [1.82, 2.24) is 10.2 Å². The van der Waals surface area contributed by atoms with E-state index in [2.05, 4.69) is 5.32 Å². The van der Waals surface area contributed by atoms with Gasteiger partial charge < -0.3 is 10.2 Å². The number of nitrogens with one attached hydrogen (secondary N) is 1. The Hall–Kier alpha value is -2.58. The standard InChI is InChI=1S/C27H38ClN3O4S/c1-6-7-16-29-27(33)22(4)30(19-23-12-9-8-11-20(23)2)26(32)13-10-17-31(36(5,34)35)25-18-24(28)15-14-21(25)3/h8-9,11-12,14-15,18,22H,6-7,10,13,16-17,19H2,1-5H3,(H,29,33). The zero-order chi connectivity index (χ0) is 26.9. The molecule has 0 fully saturated rings. The minimum atomic E-state index is -3.59. The number of carbonyl (C=O) groups excluding carboxylic acids is 2. The van der Waals surface area contributed by atoms with E-state index in [4.69, 9.17) is 11.6 Å². The zero-order valence-electron chi connectivity index (χ0n) is 21.9. The topological polar surface area (TPSA) is 86.8 Å². The Morgan fingerprint density at radius 2 is 1.75 bits per heavy atom. The van der Waals surface area contributed by atoms with Crippen LogP contribution in [0.4, 0.5) is 5.69 Å². The third-order valence-corrected chi connectivity index (χ3v) is 7.61. The van der Waals surface area contributed by atoms with Gasteiger partial charge in [0, 0.05) is 31.1 Å². The lowest BCUT2D eigenvalue weighted by atomic mass is 10.1. The van der Waals surface area contributed by atoms with Crippen LogP contribution in [-0.2, 0) is 26.2 Å². The number of nitrogens with zero attached hydrogens (tertiary/aromatic N) is 2. The average Bonchev–Trinajstić information content (AvgIpc) is 2.81. The minimum Gasteiger partial charge on any atom is -0.354 e. The normalized spacial score (nSPS) is 12.2. The first kappa shape index (κ1) is 29.6. The van der Waals surface area contributed by atoms with E-state index in [9.17, 15) is 18.0 Å². The number of unbranched alkanes of at least 4 members (excludes halogenated alkanes) is 1. The van der Waals surface area contributed by atoms with Gasteiger partial charge >= 0.3 is 0 Å². The fraction of sp³-hybridized carbons (Fsp3) is 0.481. The van der Waals surface area contributed by atoms with E-state index in [-0.39, 0.29) is 24.8 Å². The highest BCUT2D eigenvalue weighted by Gasteiger charge is 2.27. The first-order valence-corrected chi connectivity index (χ1v) is 14.5. The van der Waals surface area contributed by atoms with Crippen LogP contribution in [-0.4, -0.2) is 50.5 Å². The van der Waals surface area contributed by atoms with Crippen molar-refractivity contribution in [2.75, 3.05) is 23.7 Å². The summed E-state index contributed by atoms with van der Waals surface area (Å²) in [5, 5.41) is 3.35. The maximum atomic E-state index is 13.4. The molecule has 1 atom stereocenters. The van der Waals surface area contributed by atoms with Gasteiger partial charge in [0.1, 0.15) is 6.04 Å². The van der Waals surface area contributed by atoms with Crippen molar-refractivity contribution in [3.05, 3.63) is 64.2 Å². The lowest BCUT2D eigenvalue weighted by molar-refractivity contribution is -0.140. The number of halogens is 1. The SMILES string of the molecule is CCCCNC(=O)C(C)N(Cc1ccccc1C)C(=O)CCCN(c1cc(Cl)ccc1C)S(C)(=O)=O. The number of benzene rings is 2. The molecule has 7 nitrogen and oxygen atoms in total. The molecular formula is C27H38ClN3O4S. The summed E-state index contributed by atoms with van der Waals surface area (Å²) >= 11 is 6.12. The molecule has 0 aliphatic rings. The molecule has 198 valence electrons. The quantitative estimate of drug-likeness (QED) is 0.372. The van der Waals surface area contributed by atoms with Crippen LogP contribution in [0.2, 0.25) is 5.02 Å². The molecular weight excluding hydrogens is 498 g/mol. The summed E-state index contributed by atoms with van der Waals surface area (Å²) < 4.78 is 26.4. The molecule has 2 aromatic rings. The van der Waals surface area contributed by atoms with Crippen molar-refractivity contribution >= 4 is 39.1 Å². The largest absolute Gasteiger partial charge is 0.354 e. The molecule has 1 unspecified atom stereocenters. The molecule has 0 spiro atoms. The van der Waals surface area contributed by atoms with E-state index in [1.54, 1.807) is 30.0 Å². The van der Waals surface area contributed by atoms with Gasteiger partial charge in [0.25, 0.3) is 0 Å². The van der Waals surface area contributed by atoms with Gasteiger partial charge in [-0.2, -0.15) is 0 Å². The Morgan fingerprint density at radius 1 is 1.06 bits per heavy atom. The van der Waals surface area contributed by atoms with Crippen molar-refractivity contribution in [2.45, 2.75) is 66.0 Å². The number of sulfonamides is 1. The number of carbonyl (C=O) groups is 2. The van der Waals surface area contributed by atoms with Gasteiger partial charge in [0.05, 0.1) is 11.9 Å². The van der Waals surface area contributed by atoms with Gasteiger partial charge in [0.2, 0.25) is 21.8 Å². The lowest BCUT2D eigenvalue weighted by Gasteiger charge is -2.30. The molecule has 0 saturated carbocycles. The molecule has 9 heteroatoms. The summed E-state index contributed by atoms with van der Waals surface area (Å²) in [5.41, 5.74) is 3.27. The molecule has 0 radical (unpaired) electrons. The fourth-order valence-electron chi connectivity index (χ4n) is 3.92. The summed E-state index contributed by atoms with van der Waals surface area (Å²) in [7, 11) is -3.59. The van der Waals surface area contributed by atoms with Crippen LogP contribution in [0.25, 0.3) is 0 Å². The van der Waals surface area contributed by atoms with Gasteiger partial charge in [-0.3, -0.25) is 13.9 Å². The van der Waals surface area contributed by atoms with Gasteiger partial charge in [-0.05, 0) is 62.4 Å². The van der Waals surface area contributed by atoms with Crippen LogP contribution in [0.15, 0.2) is 42.5 Å². The molecule has 2 aromatic carbocycles. The highest BCUT2D eigenvalue weighted by molar-refractivity contribution is 7.92. The van der Waals surface area contributed by atoms with Crippen LogP contribution in [0.5, 0.6) is 0 Å². The number of amides is 2. The van der Waals surface area contributed by atoms with Gasteiger partial charge in [-0.25, -0.2) is 8.42 Å². The Kier molecular flexibility index (Phi) is 11.2. The molecule has 0 aromatic heterocycles. The average molecular weight is 536 g/mol. The molecule has 0 aliphatic carbocycles. The maximum Gasteiger partial charge on any atom is 0.242 e. The number of anilines is 1. The molecule has 1 N–H and O–H groups in total. The smallest absolute Gasteiger partial charge is 0.242 e. The van der Waals surface area contributed by atoms with E-state index in [0.717, 1.165) is 35.8 Å². The summed E-state index contributed by atoms with van der Waals surface area (Å²) in [5.74, 6) is -0.398. The van der Waals surface area contributed by atoms with E-state index < -0.39 is 16.1 Å². The predicted octanol–water partition coefficient (Wildman–Crippen LogP) is 4.84. The molecule has 0 bridgehead atoms. The van der Waals surface area contributed by atoms with Gasteiger partial charge in [0.15, 0.2) is 0 Å². The molecule has 0 saturated heterocycles. The number of rotatable bonds is 13. The Morgan fingerprint density at radius 3 is 2.39 bits per heavy atom. The zero-order valence-corrected chi connectivity index (χ0v) is 23.5. The van der Waals surface area contributed by atoms with E-state index in [1.807, 2.05) is 45.0 Å². The summed E-state index contributed by atoms with van der Waals surface area (Å²) in [4.78, 5) is 27.8. The third-order valence-electron chi connectivity index (χ3n) is 6.19. The Bertz CT molecular complexity index is 1150. The minimum absolute atomic E-state index is 0.101. The van der Waals surface area contributed by atoms with Crippen LogP contribution in [0.1, 0.15) is 56.2 Å². The van der Waals surface area contributed by atoms with Crippen molar-refractivity contribution in [3.8, 4) is 0 Å². The van der Waals surface area contributed by atoms with E-state index in [1.165, 1.54) is 4.31 Å². The van der Waals surface area contributed by atoms with Crippen LogP contribution in [0.3, 0.4) is 0 Å².